The van der Waals surface area contributed by atoms with Gasteiger partial charge in [0.15, 0.2) is 6.29 Å². The lowest BCUT2D eigenvalue weighted by atomic mass is 10.2. The number of anilines is 1. The van der Waals surface area contributed by atoms with E-state index in [4.69, 9.17) is 9.47 Å². The number of ether oxygens (including phenoxy) is 2. The van der Waals surface area contributed by atoms with Crippen LogP contribution in [0.3, 0.4) is 0 Å². The number of nitrogens with one attached hydrogen (secondary N) is 1. The van der Waals surface area contributed by atoms with Crippen LogP contribution in [0, 0.1) is 0 Å². The molecular formula is C15H22N2O5S. The van der Waals surface area contributed by atoms with Crippen LogP contribution in [0.25, 0.3) is 0 Å². The molecule has 23 heavy (non-hydrogen) atoms. The molecule has 0 saturated heterocycles. The van der Waals surface area contributed by atoms with Gasteiger partial charge in [-0.2, -0.15) is 0 Å². The fraction of sp³-hybridized carbons (Fsp3) is 0.533. The van der Waals surface area contributed by atoms with Crippen LogP contribution in [0.15, 0.2) is 23.1 Å². The highest BCUT2D eigenvalue weighted by Crippen LogP contribution is 2.30. The average molecular weight is 342 g/mol. The van der Waals surface area contributed by atoms with Crippen molar-refractivity contribution in [1.29, 1.82) is 0 Å². The van der Waals surface area contributed by atoms with Crippen molar-refractivity contribution in [3.05, 3.63) is 23.8 Å². The molecule has 1 aliphatic heterocycles. The lowest BCUT2D eigenvalue weighted by Gasteiger charge is -2.17. The van der Waals surface area contributed by atoms with Crippen molar-refractivity contribution in [3.63, 3.8) is 0 Å². The molecule has 1 aromatic carbocycles. The third-order valence-corrected chi connectivity index (χ3v) is 5.25. The number of carbonyl (C=O) groups excluding carboxylic acids is 1. The van der Waals surface area contributed by atoms with Gasteiger partial charge in [-0.05, 0) is 30.2 Å². The largest absolute Gasteiger partial charge is 0.355 e. The van der Waals surface area contributed by atoms with Crippen molar-refractivity contribution >= 4 is 21.6 Å². The number of hydrogen-bond acceptors (Lipinski definition) is 5. The molecule has 0 atom stereocenters. The molecule has 0 aromatic heterocycles. The van der Waals surface area contributed by atoms with Gasteiger partial charge < -0.3 is 14.4 Å². The predicted octanol–water partition coefficient (Wildman–Crippen LogP) is 0.883. The SMILES string of the molecule is CCC(=O)N1CCc2cc(S(=O)(=O)NCC(OC)OC)ccc21. The molecule has 7 nitrogen and oxygen atoms in total. The van der Waals surface area contributed by atoms with E-state index >= 15 is 0 Å². The molecule has 1 aliphatic rings. The maximum absolute atomic E-state index is 12.3. The molecule has 0 unspecified atom stereocenters. The second-order valence-corrected chi connectivity index (χ2v) is 6.96. The molecule has 8 heteroatoms. The van der Waals surface area contributed by atoms with E-state index in [2.05, 4.69) is 4.72 Å². The van der Waals surface area contributed by atoms with Crippen molar-refractivity contribution in [1.82, 2.24) is 4.72 Å². The summed E-state index contributed by atoms with van der Waals surface area (Å²) >= 11 is 0. The number of fused-ring (bicyclic) bond motifs is 1. The average Bonchev–Trinajstić information content (AvgIpc) is 2.98. The number of sulfonamides is 1. The molecule has 0 aliphatic carbocycles. The molecule has 1 N–H and O–H groups in total. The minimum atomic E-state index is -3.65. The van der Waals surface area contributed by atoms with E-state index < -0.39 is 16.3 Å². The molecule has 1 amide bonds. The molecule has 0 fully saturated rings. The third kappa shape index (κ3) is 3.89. The Morgan fingerprint density at radius 2 is 2.04 bits per heavy atom. The van der Waals surface area contributed by atoms with E-state index in [1.807, 2.05) is 6.92 Å². The van der Waals surface area contributed by atoms with Crippen molar-refractivity contribution in [2.45, 2.75) is 31.0 Å². The summed E-state index contributed by atoms with van der Waals surface area (Å²) in [5.74, 6) is 0.0421. The fourth-order valence-corrected chi connectivity index (χ4v) is 3.59. The zero-order valence-corrected chi connectivity index (χ0v) is 14.4. The highest BCUT2D eigenvalue weighted by molar-refractivity contribution is 7.89. The maximum atomic E-state index is 12.3. The van der Waals surface area contributed by atoms with E-state index in [0.717, 1.165) is 11.3 Å². The lowest BCUT2D eigenvalue weighted by molar-refractivity contribution is -0.118. The molecule has 0 spiro atoms. The first-order valence-electron chi connectivity index (χ1n) is 7.41. The topological polar surface area (TPSA) is 84.9 Å². The molecule has 128 valence electrons. The zero-order valence-electron chi connectivity index (χ0n) is 13.5. The Morgan fingerprint density at radius 3 is 2.65 bits per heavy atom. The molecule has 1 heterocycles. The van der Waals surface area contributed by atoms with Crippen LogP contribution < -0.4 is 9.62 Å². The van der Waals surface area contributed by atoms with Crippen LogP contribution in [0.4, 0.5) is 5.69 Å². The summed E-state index contributed by atoms with van der Waals surface area (Å²) in [6.45, 7) is 2.42. The number of methoxy groups -OCH3 is 2. The summed E-state index contributed by atoms with van der Waals surface area (Å²) in [4.78, 5) is 13.7. The van der Waals surface area contributed by atoms with E-state index in [1.165, 1.54) is 20.3 Å². The van der Waals surface area contributed by atoms with Gasteiger partial charge in [0.05, 0.1) is 11.4 Å². The monoisotopic (exact) mass is 342 g/mol. The standard InChI is InChI=1S/C15H22N2O5S/c1-4-14(18)17-8-7-11-9-12(5-6-13(11)17)23(19,20)16-10-15(21-2)22-3/h5-6,9,15-16H,4,7-8,10H2,1-3H3. The fourth-order valence-electron chi connectivity index (χ4n) is 2.52. The third-order valence-electron chi connectivity index (χ3n) is 3.83. The van der Waals surface area contributed by atoms with Gasteiger partial charge in [0.1, 0.15) is 0 Å². The van der Waals surface area contributed by atoms with Crippen molar-refractivity contribution < 1.29 is 22.7 Å². The van der Waals surface area contributed by atoms with Crippen LogP contribution in [-0.2, 0) is 30.7 Å². The Balaban J connectivity index is 2.17. The minimum Gasteiger partial charge on any atom is -0.355 e. The van der Waals surface area contributed by atoms with Crippen molar-refractivity contribution in [2.75, 3.05) is 32.2 Å². The summed E-state index contributed by atoms with van der Waals surface area (Å²) in [5, 5.41) is 0. The lowest BCUT2D eigenvalue weighted by Crippen LogP contribution is -2.34. The van der Waals surface area contributed by atoms with Crippen LogP contribution in [0.2, 0.25) is 0 Å². The Bertz CT molecular complexity index is 670. The number of amides is 1. The number of carbonyl (C=O) groups is 1. The van der Waals surface area contributed by atoms with Crippen LogP contribution in [0.1, 0.15) is 18.9 Å². The highest BCUT2D eigenvalue weighted by Gasteiger charge is 2.26. The normalized spacial score (nSPS) is 14.3. The van der Waals surface area contributed by atoms with Gasteiger partial charge in [0.25, 0.3) is 0 Å². The predicted molar refractivity (Wildman–Crippen MR) is 85.8 cm³/mol. The Kier molecular flexibility index (Phi) is 5.74. The molecular weight excluding hydrogens is 320 g/mol. The molecule has 0 bridgehead atoms. The Hall–Kier alpha value is -1.48. The minimum absolute atomic E-state index is 0.0207. The molecule has 2 rings (SSSR count). The first kappa shape index (κ1) is 17.9. The van der Waals surface area contributed by atoms with Crippen LogP contribution in [-0.4, -0.2) is 47.9 Å². The Morgan fingerprint density at radius 1 is 1.35 bits per heavy atom. The van der Waals surface area contributed by atoms with Gasteiger partial charge in [-0.25, -0.2) is 13.1 Å². The van der Waals surface area contributed by atoms with Gasteiger partial charge in [0, 0.05) is 32.9 Å². The van der Waals surface area contributed by atoms with Gasteiger partial charge in [-0.1, -0.05) is 6.92 Å². The molecule has 1 aromatic rings. The quantitative estimate of drug-likeness (QED) is 0.744. The van der Waals surface area contributed by atoms with Gasteiger partial charge >= 0.3 is 0 Å². The maximum Gasteiger partial charge on any atom is 0.240 e. The van der Waals surface area contributed by atoms with Crippen LogP contribution in [0.5, 0.6) is 0 Å². The summed E-state index contributed by atoms with van der Waals surface area (Å²) in [6, 6.07) is 4.82. The van der Waals surface area contributed by atoms with Gasteiger partial charge in [-0.15, -0.1) is 0 Å². The van der Waals surface area contributed by atoms with Crippen molar-refractivity contribution in [3.8, 4) is 0 Å². The van der Waals surface area contributed by atoms with Gasteiger partial charge in [-0.3, -0.25) is 4.79 Å². The number of nitrogens with zero attached hydrogens (tertiary/aromatic N) is 1. The smallest absolute Gasteiger partial charge is 0.240 e. The van der Waals surface area contributed by atoms with Crippen LogP contribution >= 0.6 is 0 Å². The van der Waals surface area contributed by atoms with Gasteiger partial charge in [0.2, 0.25) is 15.9 Å². The number of benzene rings is 1. The van der Waals surface area contributed by atoms with E-state index in [1.54, 1.807) is 17.0 Å². The summed E-state index contributed by atoms with van der Waals surface area (Å²) in [7, 11) is -0.771. The first-order chi connectivity index (χ1) is 10.9. The first-order valence-corrected chi connectivity index (χ1v) is 8.89. The highest BCUT2D eigenvalue weighted by atomic mass is 32.2. The summed E-state index contributed by atoms with van der Waals surface area (Å²) < 4.78 is 37.1. The second kappa shape index (κ2) is 7.39. The number of hydrogen-bond donors (Lipinski definition) is 1. The number of rotatable bonds is 7. The van der Waals surface area contributed by atoms with E-state index in [9.17, 15) is 13.2 Å². The second-order valence-electron chi connectivity index (χ2n) is 5.19. The van der Waals surface area contributed by atoms with E-state index in [0.29, 0.717) is 19.4 Å². The Labute approximate surface area is 136 Å². The van der Waals surface area contributed by atoms with E-state index in [-0.39, 0.29) is 17.3 Å². The zero-order chi connectivity index (χ0) is 17.0. The summed E-state index contributed by atoms with van der Waals surface area (Å²) in [5.41, 5.74) is 1.66. The summed E-state index contributed by atoms with van der Waals surface area (Å²) in [6.07, 6.45) is 0.441. The van der Waals surface area contributed by atoms with Crippen molar-refractivity contribution in [2.24, 2.45) is 0 Å². The molecule has 0 radical (unpaired) electrons. The molecule has 0 saturated carbocycles.